The molecule has 0 spiro atoms. The topological polar surface area (TPSA) is 46.3 Å². The van der Waals surface area contributed by atoms with E-state index in [0.717, 1.165) is 25.0 Å². The maximum atomic E-state index is 13.1. The summed E-state index contributed by atoms with van der Waals surface area (Å²) in [6.45, 7) is 0.231. The number of carbonyl (C=O) groups is 1. The molecule has 0 aliphatic heterocycles. The van der Waals surface area contributed by atoms with Crippen molar-refractivity contribution in [3.63, 3.8) is 0 Å². The predicted octanol–water partition coefficient (Wildman–Crippen LogP) is 2.19. The minimum atomic E-state index is -0.901. The Morgan fingerprint density at radius 1 is 1.32 bits per heavy atom. The van der Waals surface area contributed by atoms with Crippen molar-refractivity contribution in [1.82, 2.24) is 4.90 Å². The van der Waals surface area contributed by atoms with Crippen molar-refractivity contribution in [3.05, 3.63) is 35.4 Å². The third-order valence-electron chi connectivity index (χ3n) is 3.67. The molecular formula is C14H18F2N2O. The van der Waals surface area contributed by atoms with E-state index >= 15 is 0 Å². The number of nitrogens with zero attached hydrogens (tertiary/aromatic N) is 1. The number of hydrogen-bond donors (Lipinski definition) is 1. The molecule has 1 saturated carbocycles. The molecule has 0 atom stereocenters. The van der Waals surface area contributed by atoms with Crippen LogP contribution in [-0.2, 0) is 11.3 Å². The molecule has 1 aliphatic rings. The number of likely N-dealkylation sites (N-methyl/N-ethyl adjacent to an activating group) is 1. The summed E-state index contributed by atoms with van der Waals surface area (Å²) in [6.07, 6.45) is 3.30. The van der Waals surface area contributed by atoms with E-state index in [0.29, 0.717) is 18.4 Å². The van der Waals surface area contributed by atoms with E-state index in [1.165, 1.54) is 11.0 Å². The van der Waals surface area contributed by atoms with E-state index in [-0.39, 0.29) is 12.5 Å². The zero-order chi connectivity index (χ0) is 14.0. The Morgan fingerprint density at radius 3 is 2.53 bits per heavy atom. The Labute approximate surface area is 111 Å². The van der Waals surface area contributed by atoms with Crippen LogP contribution in [0.4, 0.5) is 8.78 Å². The van der Waals surface area contributed by atoms with Gasteiger partial charge in [-0.1, -0.05) is 18.9 Å². The quantitative estimate of drug-likeness (QED) is 0.913. The number of rotatable bonds is 3. The summed E-state index contributed by atoms with van der Waals surface area (Å²) in [5, 5.41) is 0. The standard InChI is InChI=1S/C14H18F2N2O/c1-18(13(19)14(17)6-2-3-7-14)9-10-4-5-11(15)12(16)8-10/h4-5,8H,2-3,6-7,9,17H2,1H3. The van der Waals surface area contributed by atoms with Gasteiger partial charge in [0.15, 0.2) is 11.6 Å². The van der Waals surface area contributed by atoms with Gasteiger partial charge in [-0.15, -0.1) is 0 Å². The van der Waals surface area contributed by atoms with Gasteiger partial charge >= 0.3 is 0 Å². The van der Waals surface area contributed by atoms with Gasteiger partial charge in [-0.05, 0) is 30.5 Å². The highest BCUT2D eigenvalue weighted by atomic mass is 19.2. The summed E-state index contributed by atoms with van der Waals surface area (Å²) < 4.78 is 25.9. The maximum absolute atomic E-state index is 13.1. The molecule has 104 valence electrons. The first-order valence-corrected chi connectivity index (χ1v) is 6.41. The Morgan fingerprint density at radius 2 is 1.95 bits per heavy atom. The lowest BCUT2D eigenvalue weighted by molar-refractivity contribution is -0.136. The fraction of sp³-hybridized carbons (Fsp3) is 0.500. The Hall–Kier alpha value is -1.49. The predicted molar refractivity (Wildman–Crippen MR) is 68.2 cm³/mol. The molecule has 0 unspecified atom stereocenters. The van der Waals surface area contributed by atoms with Crippen molar-refractivity contribution in [3.8, 4) is 0 Å². The van der Waals surface area contributed by atoms with E-state index in [1.807, 2.05) is 0 Å². The van der Waals surface area contributed by atoms with Crippen molar-refractivity contribution in [1.29, 1.82) is 0 Å². The summed E-state index contributed by atoms with van der Waals surface area (Å²) in [5.41, 5.74) is 5.85. The number of hydrogen-bond acceptors (Lipinski definition) is 2. The van der Waals surface area contributed by atoms with Gasteiger partial charge in [0, 0.05) is 13.6 Å². The third-order valence-corrected chi connectivity index (χ3v) is 3.67. The molecule has 2 N–H and O–H groups in total. The first kappa shape index (κ1) is 13.9. The molecule has 1 fully saturated rings. The second-order valence-corrected chi connectivity index (χ2v) is 5.27. The molecule has 3 nitrogen and oxygen atoms in total. The van der Waals surface area contributed by atoms with Crippen LogP contribution in [0.2, 0.25) is 0 Å². The molecule has 0 bridgehead atoms. The number of benzene rings is 1. The first-order chi connectivity index (χ1) is 8.92. The van der Waals surface area contributed by atoms with Crippen molar-refractivity contribution in [2.45, 2.75) is 37.8 Å². The van der Waals surface area contributed by atoms with Crippen LogP contribution < -0.4 is 5.73 Å². The summed E-state index contributed by atoms with van der Waals surface area (Å²) in [5.74, 6) is -1.92. The van der Waals surface area contributed by atoms with E-state index in [4.69, 9.17) is 5.73 Å². The van der Waals surface area contributed by atoms with Gasteiger partial charge in [-0.3, -0.25) is 4.79 Å². The summed E-state index contributed by atoms with van der Waals surface area (Å²) in [4.78, 5) is 13.7. The zero-order valence-electron chi connectivity index (χ0n) is 11.0. The summed E-state index contributed by atoms with van der Waals surface area (Å²) in [6, 6.07) is 3.65. The molecular weight excluding hydrogens is 250 g/mol. The van der Waals surface area contributed by atoms with Gasteiger partial charge < -0.3 is 10.6 Å². The van der Waals surface area contributed by atoms with E-state index in [9.17, 15) is 13.6 Å². The molecule has 0 heterocycles. The lowest BCUT2D eigenvalue weighted by Crippen LogP contribution is -2.52. The van der Waals surface area contributed by atoms with Crippen LogP contribution in [-0.4, -0.2) is 23.4 Å². The zero-order valence-corrected chi connectivity index (χ0v) is 11.0. The van der Waals surface area contributed by atoms with E-state index in [1.54, 1.807) is 7.05 Å². The van der Waals surface area contributed by atoms with Gasteiger partial charge in [0.25, 0.3) is 0 Å². The molecule has 1 aromatic carbocycles. The molecule has 19 heavy (non-hydrogen) atoms. The first-order valence-electron chi connectivity index (χ1n) is 6.41. The molecule has 5 heteroatoms. The van der Waals surface area contributed by atoms with Gasteiger partial charge in [-0.2, -0.15) is 0 Å². The van der Waals surface area contributed by atoms with Crippen molar-refractivity contribution < 1.29 is 13.6 Å². The Kier molecular flexibility index (Phi) is 3.85. The fourth-order valence-electron chi connectivity index (χ4n) is 2.58. The van der Waals surface area contributed by atoms with E-state index in [2.05, 4.69) is 0 Å². The number of amides is 1. The van der Waals surface area contributed by atoms with Crippen LogP contribution >= 0.6 is 0 Å². The summed E-state index contributed by atoms with van der Waals surface area (Å²) >= 11 is 0. The van der Waals surface area contributed by atoms with Gasteiger partial charge in [0.2, 0.25) is 5.91 Å². The normalized spacial score (nSPS) is 17.5. The van der Waals surface area contributed by atoms with Crippen molar-refractivity contribution >= 4 is 5.91 Å². The second-order valence-electron chi connectivity index (χ2n) is 5.27. The van der Waals surface area contributed by atoms with Crippen LogP contribution in [0.3, 0.4) is 0 Å². The number of halogens is 2. The highest BCUT2D eigenvalue weighted by Crippen LogP contribution is 2.29. The summed E-state index contributed by atoms with van der Waals surface area (Å²) in [7, 11) is 1.64. The molecule has 1 amide bonds. The fourth-order valence-corrected chi connectivity index (χ4v) is 2.58. The minimum absolute atomic E-state index is 0.130. The van der Waals surface area contributed by atoms with Gasteiger partial charge in [0.05, 0.1) is 5.54 Å². The minimum Gasteiger partial charge on any atom is -0.340 e. The molecule has 1 aliphatic carbocycles. The van der Waals surface area contributed by atoms with Gasteiger partial charge in [-0.25, -0.2) is 8.78 Å². The largest absolute Gasteiger partial charge is 0.340 e. The lowest BCUT2D eigenvalue weighted by Gasteiger charge is -2.28. The van der Waals surface area contributed by atoms with E-state index < -0.39 is 17.2 Å². The monoisotopic (exact) mass is 268 g/mol. The highest BCUT2D eigenvalue weighted by Gasteiger charge is 2.38. The molecule has 1 aromatic rings. The van der Waals surface area contributed by atoms with Crippen molar-refractivity contribution in [2.24, 2.45) is 5.73 Å². The van der Waals surface area contributed by atoms with Gasteiger partial charge in [0.1, 0.15) is 0 Å². The Bertz CT molecular complexity index is 484. The maximum Gasteiger partial charge on any atom is 0.242 e. The number of nitrogens with two attached hydrogens (primary N) is 1. The third kappa shape index (κ3) is 2.92. The van der Waals surface area contributed by atoms with Crippen molar-refractivity contribution in [2.75, 3.05) is 7.05 Å². The van der Waals surface area contributed by atoms with Crippen LogP contribution in [0.15, 0.2) is 18.2 Å². The molecule has 2 rings (SSSR count). The molecule has 0 aromatic heterocycles. The molecule has 0 saturated heterocycles. The number of carbonyl (C=O) groups excluding carboxylic acids is 1. The smallest absolute Gasteiger partial charge is 0.242 e. The van der Waals surface area contributed by atoms with Crippen LogP contribution in [0, 0.1) is 11.6 Å². The van der Waals surface area contributed by atoms with Crippen LogP contribution in [0.25, 0.3) is 0 Å². The average Bonchev–Trinajstić information content (AvgIpc) is 2.81. The second kappa shape index (κ2) is 5.25. The molecule has 0 radical (unpaired) electrons. The van der Waals surface area contributed by atoms with Crippen LogP contribution in [0.1, 0.15) is 31.2 Å². The Balaban J connectivity index is 2.06. The SMILES string of the molecule is CN(Cc1ccc(F)c(F)c1)C(=O)C1(N)CCCC1. The van der Waals surface area contributed by atoms with Crippen LogP contribution in [0.5, 0.6) is 0 Å². The average molecular weight is 268 g/mol. The lowest BCUT2D eigenvalue weighted by atomic mass is 9.97. The highest BCUT2D eigenvalue weighted by molar-refractivity contribution is 5.86.